The first-order valence-electron chi connectivity index (χ1n) is 5.13. The maximum atomic E-state index is 13.0. The Kier molecular flexibility index (Phi) is 3.15. The van der Waals surface area contributed by atoms with Gasteiger partial charge in [0.25, 0.3) is 0 Å². The lowest BCUT2D eigenvalue weighted by Gasteiger charge is -2.11. The van der Waals surface area contributed by atoms with Gasteiger partial charge in [-0.15, -0.1) is 0 Å². The molecule has 1 aromatic heterocycles. The first-order valence-corrected chi connectivity index (χ1v) is 5.13. The van der Waals surface area contributed by atoms with Crippen LogP contribution in [0.3, 0.4) is 0 Å². The molecule has 0 radical (unpaired) electrons. The van der Waals surface area contributed by atoms with Crippen LogP contribution < -0.4 is 0 Å². The van der Waals surface area contributed by atoms with E-state index >= 15 is 0 Å². The number of aromatic nitrogens is 1. The van der Waals surface area contributed by atoms with Crippen LogP contribution >= 0.6 is 0 Å². The summed E-state index contributed by atoms with van der Waals surface area (Å²) in [6.45, 7) is 1.85. The lowest BCUT2D eigenvalue weighted by molar-refractivity contribution is 0.214. The second-order valence-corrected chi connectivity index (χ2v) is 3.86. The molecule has 88 valence electrons. The number of pyridine rings is 1. The van der Waals surface area contributed by atoms with E-state index in [1.807, 2.05) is 6.92 Å². The zero-order valence-electron chi connectivity index (χ0n) is 9.19. The van der Waals surface area contributed by atoms with Gasteiger partial charge in [0.1, 0.15) is 17.7 Å². The molecule has 1 aromatic carbocycles. The Labute approximate surface area is 97.6 Å². The summed E-state index contributed by atoms with van der Waals surface area (Å²) in [5, 5.41) is 9.97. The lowest BCUT2D eigenvalue weighted by atomic mass is 10.0. The molecule has 0 saturated carbocycles. The van der Waals surface area contributed by atoms with Crippen molar-refractivity contribution in [1.82, 2.24) is 4.98 Å². The van der Waals surface area contributed by atoms with Crippen molar-refractivity contribution in [2.24, 2.45) is 0 Å². The second-order valence-electron chi connectivity index (χ2n) is 3.86. The third-order valence-electron chi connectivity index (χ3n) is 2.42. The van der Waals surface area contributed by atoms with E-state index in [-0.39, 0.29) is 5.56 Å². The molecule has 0 aliphatic rings. The van der Waals surface area contributed by atoms with E-state index in [0.29, 0.717) is 5.69 Å². The Morgan fingerprint density at radius 1 is 1.12 bits per heavy atom. The first kappa shape index (κ1) is 11.7. The smallest absolute Gasteiger partial charge is 0.126 e. The van der Waals surface area contributed by atoms with E-state index in [1.54, 1.807) is 18.3 Å². The van der Waals surface area contributed by atoms with Crippen LogP contribution in [0.1, 0.15) is 22.9 Å². The van der Waals surface area contributed by atoms with Crippen molar-refractivity contribution in [1.29, 1.82) is 0 Å². The normalized spacial score (nSPS) is 12.5. The summed E-state index contributed by atoms with van der Waals surface area (Å²) in [5.74, 6) is -1.43. The Balaban J connectivity index is 2.39. The van der Waals surface area contributed by atoms with Gasteiger partial charge in [-0.05, 0) is 42.3 Å². The third kappa shape index (κ3) is 2.65. The minimum Gasteiger partial charge on any atom is -0.382 e. The van der Waals surface area contributed by atoms with Gasteiger partial charge in [-0.25, -0.2) is 8.78 Å². The molecule has 0 aliphatic carbocycles. The van der Waals surface area contributed by atoms with Crippen LogP contribution in [0.15, 0.2) is 36.5 Å². The average Bonchev–Trinajstić information content (AvgIpc) is 2.26. The van der Waals surface area contributed by atoms with Crippen LogP contribution in [0.5, 0.6) is 0 Å². The summed E-state index contributed by atoms with van der Waals surface area (Å²) in [6, 6.07) is 6.41. The fraction of sp³-hybridized carbons (Fsp3) is 0.154. The highest BCUT2D eigenvalue weighted by Gasteiger charge is 2.14. The van der Waals surface area contributed by atoms with Gasteiger partial charge in [0.15, 0.2) is 0 Å². The van der Waals surface area contributed by atoms with Gasteiger partial charge in [0.05, 0.1) is 5.69 Å². The summed E-state index contributed by atoms with van der Waals surface area (Å²) < 4.78 is 26.0. The van der Waals surface area contributed by atoms with Gasteiger partial charge in [-0.2, -0.15) is 0 Å². The molecule has 2 nitrogen and oxygen atoms in total. The summed E-state index contributed by atoms with van der Waals surface area (Å²) in [6.07, 6.45) is 0.420. The molecule has 4 heteroatoms. The van der Waals surface area contributed by atoms with Crippen molar-refractivity contribution in [2.45, 2.75) is 13.0 Å². The van der Waals surface area contributed by atoms with Gasteiger partial charge in [-0.3, -0.25) is 4.98 Å². The van der Waals surface area contributed by atoms with E-state index in [9.17, 15) is 13.9 Å². The zero-order chi connectivity index (χ0) is 12.4. The van der Waals surface area contributed by atoms with Crippen LogP contribution in [0.25, 0.3) is 0 Å². The standard InChI is InChI=1S/C13H11F2NO/c1-8-2-3-16-12(4-8)13(17)9-5-10(14)7-11(15)6-9/h2-7,13,17H,1H3. The van der Waals surface area contributed by atoms with E-state index in [2.05, 4.69) is 4.98 Å². The highest BCUT2D eigenvalue weighted by Crippen LogP contribution is 2.22. The summed E-state index contributed by atoms with van der Waals surface area (Å²) >= 11 is 0. The van der Waals surface area contributed by atoms with Crippen molar-refractivity contribution in [2.75, 3.05) is 0 Å². The number of hydrogen-bond acceptors (Lipinski definition) is 2. The zero-order valence-corrected chi connectivity index (χ0v) is 9.19. The van der Waals surface area contributed by atoms with E-state index in [1.165, 1.54) is 0 Å². The molecule has 0 bridgehead atoms. The van der Waals surface area contributed by atoms with Crippen molar-refractivity contribution >= 4 is 0 Å². The quantitative estimate of drug-likeness (QED) is 0.868. The number of benzene rings is 1. The van der Waals surface area contributed by atoms with Gasteiger partial charge >= 0.3 is 0 Å². The number of aliphatic hydroxyl groups is 1. The Morgan fingerprint density at radius 3 is 2.35 bits per heavy atom. The monoisotopic (exact) mass is 235 g/mol. The highest BCUT2D eigenvalue weighted by atomic mass is 19.1. The number of hydrogen-bond donors (Lipinski definition) is 1. The molecular weight excluding hydrogens is 224 g/mol. The Bertz CT molecular complexity index is 522. The SMILES string of the molecule is Cc1ccnc(C(O)c2cc(F)cc(F)c2)c1. The fourth-order valence-corrected chi connectivity index (χ4v) is 1.61. The number of aryl methyl sites for hydroxylation is 1. The predicted octanol–water partition coefficient (Wildman–Crippen LogP) is 2.75. The van der Waals surface area contributed by atoms with Gasteiger partial charge in [-0.1, -0.05) is 0 Å². The van der Waals surface area contributed by atoms with Crippen molar-refractivity contribution in [3.05, 3.63) is 65.0 Å². The highest BCUT2D eigenvalue weighted by molar-refractivity contribution is 5.28. The molecule has 1 unspecified atom stereocenters. The minimum absolute atomic E-state index is 0.153. The van der Waals surface area contributed by atoms with Gasteiger partial charge in [0, 0.05) is 12.3 Å². The molecular formula is C13H11F2NO. The van der Waals surface area contributed by atoms with E-state index in [0.717, 1.165) is 23.8 Å². The third-order valence-corrected chi connectivity index (χ3v) is 2.42. The average molecular weight is 235 g/mol. The number of halogens is 2. The summed E-state index contributed by atoms with van der Waals surface area (Å²) in [5.41, 5.74) is 1.45. The number of rotatable bonds is 2. The van der Waals surface area contributed by atoms with Crippen molar-refractivity contribution in [3.8, 4) is 0 Å². The maximum absolute atomic E-state index is 13.0. The molecule has 1 atom stereocenters. The molecule has 0 saturated heterocycles. The predicted molar refractivity (Wildman–Crippen MR) is 59.4 cm³/mol. The molecule has 1 heterocycles. The molecule has 2 rings (SSSR count). The number of aliphatic hydroxyl groups excluding tert-OH is 1. The summed E-state index contributed by atoms with van der Waals surface area (Å²) in [4.78, 5) is 3.98. The van der Waals surface area contributed by atoms with Crippen LogP contribution in [-0.4, -0.2) is 10.1 Å². The maximum Gasteiger partial charge on any atom is 0.126 e. The van der Waals surface area contributed by atoms with E-state index < -0.39 is 17.7 Å². The Hall–Kier alpha value is -1.81. The van der Waals surface area contributed by atoms with Gasteiger partial charge < -0.3 is 5.11 Å². The Morgan fingerprint density at radius 2 is 1.76 bits per heavy atom. The van der Waals surface area contributed by atoms with Crippen LogP contribution in [0.2, 0.25) is 0 Å². The van der Waals surface area contributed by atoms with Crippen molar-refractivity contribution < 1.29 is 13.9 Å². The first-order chi connectivity index (χ1) is 8.06. The van der Waals surface area contributed by atoms with Crippen molar-refractivity contribution in [3.63, 3.8) is 0 Å². The fourth-order valence-electron chi connectivity index (χ4n) is 1.61. The molecule has 1 N–H and O–H groups in total. The van der Waals surface area contributed by atoms with Crippen LogP contribution in [0.4, 0.5) is 8.78 Å². The van der Waals surface area contributed by atoms with Crippen LogP contribution in [0, 0.1) is 18.6 Å². The van der Waals surface area contributed by atoms with Crippen LogP contribution in [-0.2, 0) is 0 Å². The topological polar surface area (TPSA) is 33.1 Å². The molecule has 0 amide bonds. The molecule has 0 aliphatic heterocycles. The second kappa shape index (κ2) is 4.59. The molecule has 0 fully saturated rings. The summed E-state index contributed by atoms with van der Waals surface area (Å²) in [7, 11) is 0. The van der Waals surface area contributed by atoms with Gasteiger partial charge in [0.2, 0.25) is 0 Å². The number of nitrogens with zero attached hydrogens (tertiary/aromatic N) is 1. The molecule has 17 heavy (non-hydrogen) atoms. The van der Waals surface area contributed by atoms with E-state index in [4.69, 9.17) is 0 Å². The lowest BCUT2D eigenvalue weighted by Crippen LogP contribution is -2.03. The minimum atomic E-state index is -1.12. The molecule has 0 spiro atoms. The molecule has 2 aromatic rings. The largest absolute Gasteiger partial charge is 0.382 e.